The van der Waals surface area contributed by atoms with Crippen LogP contribution in [0.5, 0.6) is 0 Å². The molecule has 0 spiro atoms. The van der Waals surface area contributed by atoms with E-state index in [-0.39, 0.29) is 6.54 Å². The van der Waals surface area contributed by atoms with Crippen LogP contribution in [0.25, 0.3) is 0 Å². The number of alkyl halides is 3. The number of nitrogens with two attached hydrogens (primary N) is 1. The van der Waals surface area contributed by atoms with Gasteiger partial charge >= 0.3 is 6.18 Å². The molecule has 0 aromatic carbocycles. The minimum Gasteiger partial charge on any atom is -0.385 e. The summed E-state index contributed by atoms with van der Waals surface area (Å²) in [6.45, 7) is 3.41. The molecule has 0 aliphatic rings. The van der Waals surface area contributed by atoms with Crippen molar-refractivity contribution in [3.63, 3.8) is 0 Å². The summed E-state index contributed by atoms with van der Waals surface area (Å²) in [5.74, 6) is 0. The Hall–Kier alpha value is -0.330. The fourth-order valence-corrected chi connectivity index (χ4v) is 1.61. The zero-order valence-electron chi connectivity index (χ0n) is 10.1. The van der Waals surface area contributed by atoms with Gasteiger partial charge in [0.05, 0.1) is 6.54 Å². The van der Waals surface area contributed by atoms with Crippen molar-refractivity contribution in [2.75, 3.05) is 33.4 Å². The highest BCUT2D eigenvalue weighted by atomic mass is 19.4. The minimum absolute atomic E-state index is 0.181. The Morgan fingerprint density at radius 2 is 1.88 bits per heavy atom. The molecule has 0 aliphatic carbocycles. The van der Waals surface area contributed by atoms with Crippen LogP contribution in [0, 0.1) is 0 Å². The summed E-state index contributed by atoms with van der Waals surface area (Å²) in [4.78, 5) is 1.35. The fraction of sp³-hybridized carbons (Fsp3) is 1.00. The number of nitrogens with zero attached hydrogens (tertiary/aromatic N) is 1. The van der Waals surface area contributed by atoms with Crippen LogP contribution in [0.15, 0.2) is 0 Å². The Bertz CT molecular complexity index is 199. The van der Waals surface area contributed by atoms with E-state index in [9.17, 15) is 13.2 Å². The number of likely N-dealkylation sites (N-methyl/N-ethyl adjacent to an activating group) is 1. The van der Waals surface area contributed by atoms with Crippen LogP contribution in [0.1, 0.15) is 20.3 Å². The van der Waals surface area contributed by atoms with Gasteiger partial charge in [-0.25, -0.2) is 0 Å². The summed E-state index contributed by atoms with van der Waals surface area (Å²) in [7, 11) is 1.52. The Labute approximate surface area is 94.7 Å². The molecule has 3 nitrogen and oxygen atoms in total. The molecular weight excluding hydrogens is 221 g/mol. The summed E-state index contributed by atoms with van der Waals surface area (Å²) in [5.41, 5.74) is 4.91. The number of hydrogen-bond acceptors (Lipinski definition) is 3. The van der Waals surface area contributed by atoms with Crippen LogP contribution in [0.2, 0.25) is 0 Å². The molecule has 0 amide bonds. The summed E-state index contributed by atoms with van der Waals surface area (Å²) < 4.78 is 42.0. The van der Waals surface area contributed by atoms with E-state index in [0.717, 1.165) is 0 Å². The van der Waals surface area contributed by atoms with Gasteiger partial charge in [0.15, 0.2) is 0 Å². The van der Waals surface area contributed by atoms with Crippen molar-refractivity contribution >= 4 is 0 Å². The summed E-state index contributed by atoms with van der Waals surface area (Å²) >= 11 is 0. The van der Waals surface area contributed by atoms with Gasteiger partial charge in [-0.1, -0.05) is 6.92 Å². The van der Waals surface area contributed by atoms with Gasteiger partial charge in [0.2, 0.25) is 0 Å². The third-order valence-corrected chi connectivity index (χ3v) is 2.80. The maximum atomic E-state index is 12.4. The first-order valence-electron chi connectivity index (χ1n) is 5.30. The fourth-order valence-electron chi connectivity index (χ4n) is 1.61. The molecule has 0 aromatic heterocycles. The zero-order valence-corrected chi connectivity index (χ0v) is 10.1. The van der Waals surface area contributed by atoms with Gasteiger partial charge in [-0.2, -0.15) is 13.2 Å². The SMILES string of the molecule is CCN(CC(F)(F)F)C(C)(CN)CCOC. The molecule has 0 fully saturated rings. The topological polar surface area (TPSA) is 38.5 Å². The molecular formula is C10H21F3N2O. The monoisotopic (exact) mass is 242 g/mol. The summed E-state index contributed by atoms with van der Waals surface area (Å²) in [5, 5.41) is 0. The quantitative estimate of drug-likeness (QED) is 0.737. The van der Waals surface area contributed by atoms with Gasteiger partial charge in [0.25, 0.3) is 0 Å². The number of halogens is 3. The van der Waals surface area contributed by atoms with Crippen molar-refractivity contribution in [1.29, 1.82) is 0 Å². The molecule has 0 heterocycles. The lowest BCUT2D eigenvalue weighted by Crippen LogP contribution is -2.55. The molecule has 0 saturated carbocycles. The minimum atomic E-state index is -4.19. The maximum absolute atomic E-state index is 12.4. The molecule has 6 heteroatoms. The Balaban J connectivity index is 4.59. The lowest BCUT2D eigenvalue weighted by atomic mass is 9.95. The third-order valence-electron chi connectivity index (χ3n) is 2.80. The Morgan fingerprint density at radius 3 is 2.19 bits per heavy atom. The van der Waals surface area contributed by atoms with Crippen LogP contribution < -0.4 is 5.73 Å². The van der Waals surface area contributed by atoms with Gasteiger partial charge in [-0.15, -0.1) is 0 Å². The molecule has 1 unspecified atom stereocenters. The third kappa shape index (κ3) is 5.14. The van der Waals surface area contributed by atoms with Crippen LogP contribution in [-0.2, 0) is 4.74 Å². The van der Waals surface area contributed by atoms with E-state index < -0.39 is 18.3 Å². The zero-order chi connectivity index (χ0) is 12.8. The molecule has 0 bridgehead atoms. The van der Waals surface area contributed by atoms with Crippen LogP contribution in [0.4, 0.5) is 13.2 Å². The Morgan fingerprint density at radius 1 is 1.31 bits per heavy atom. The number of rotatable bonds is 7. The van der Waals surface area contributed by atoms with E-state index in [1.165, 1.54) is 12.0 Å². The summed E-state index contributed by atoms with van der Waals surface area (Å²) in [6, 6.07) is 0. The van der Waals surface area contributed by atoms with Crippen molar-refractivity contribution in [3.8, 4) is 0 Å². The largest absolute Gasteiger partial charge is 0.401 e. The maximum Gasteiger partial charge on any atom is 0.401 e. The van der Waals surface area contributed by atoms with Gasteiger partial charge < -0.3 is 10.5 Å². The molecule has 2 N–H and O–H groups in total. The molecule has 0 rings (SSSR count). The van der Waals surface area contributed by atoms with E-state index in [0.29, 0.717) is 19.6 Å². The predicted molar refractivity (Wildman–Crippen MR) is 57.3 cm³/mol. The first kappa shape index (κ1) is 15.7. The number of ether oxygens (including phenoxy) is 1. The lowest BCUT2D eigenvalue weighted by molar-refractivity contribution is -0.158. The first-order chi connectivity index (χ1) is 7.29. The lowest BCUT2D eigenvalue weighted by Gasteiger charge is -2.40. The highest BCUT2D eigenvalue weighted by Crippen LogP contribution is 2.24. The highest BCUT2D eigenvalue weighted by Gasteiger charge is 2.38. The Kier molecular flexibility index (Phi) is 6.28. The van der Waals surface area contributed by atoms with Crippen LogP contribution >= 0.6 is 0 Å². The summed E-state index contributed by atoms with van der Waals surface area (Å²) in [6.07, 6.45) is -3.70. The highest BCUT2D eigenvalue weighted by molar-refractivity contribution is 4.88. The van der Waals surface area contributed by atoms with E-state index in [1.807, 2.05) is 0 Å². The first-order valence-corrected chi connectivity index (χ1v) is 5.30. The molecule has 1 atom stereocenters. The van der Waals surface area contributed by atoms with Gasteiger partial charge in [-0.3, -0.25) is 4.90 Å². The molecule has 0 aliphatic heterocycles. The van der Waals surface area contributed by atoms with E-state index in [2.05, 4.69) is 0 Å². The van der Waals surface area contributed by atoms with Crippen molar-refractivity contribution < 1.29 is 17.9 Å². The van der Waals surface area contributed by atoms with Gasteiger partial charge in [0, 0.05) is 25.8 Å². The van der Waals surface area contributed by atoms with Crippen LogP contribution in [0.3, 0.4) is 0 Å². The van der Waals surface area contributed by atoms with E-state index in [1.54, 1.807) is 13.8 Å². The second kappa shape index (κ2) is 6.42. The average molecular weight is 242 g/mol. The molecule has 98 valence electrons. The standard InChI is InChI=1S/C10H21F3N2O/c1-4-15(8-10(11,12)13)9(2,7-14)5-6-16-3/h4-8,14H2,1-3H3. The predicted octanol–water partition coefficient (Wildman–Crippen LogP) is 1.62. The molecule has 0 saturated heterocycles. The second-order valence-corrected chi connectivity index (χ2v) is 4.07. The smallest absolute Gasteiger partial charge is 0.385 e. The van der Waals surface area contributed by atoms with Crippen molar-refractivity contribution in [2.45, 2.75) is 32.0 Å². The van der Waals surface area contributed by atoms with Crippen molar-refractivity contribution in [3.05, 3.63) is 0 Å². The van der Waals surface area contributed by atoms with Gasteiger partial charge in [-0.05, 0) is 19.9 Å². The van der Waals surface area contributed by atoms with E-state index in [4.69, 9.17) is 10.5 Å². The van der Waals surface area contributed by atoms with Crippen LogP contribution in [-0.4, -0.2) is 50.0 Å². The average Bonchev–Trinajstić information content (AvgIpc) is 2.21. The molecule has 0 radical (unpaired) electrons. The molecule has 16 heavy (non-hydrogen) atoms. The van der Waals surface area contributed by atoms with Crippen molar-refractivity contribution in [2.24, 2.45) is 5.73 Å². The number of hydrogen-bond donors (Lipinski definition) is 1. The van der Waals surface area contributed by atoms with Crippen molar-refractivity contribution in [1.82, 2.24) is 4.90 Å². The normalized spacial score (nSPS) is 16.5. The number of methoxy groups -OCH3 is 1. The van der Waals surface area contributed by atoms with Gasteiger partial charge in [0.1, 0.15) is 0 Å². The second-order valence-electron chi connectivity index (χ2n) is 4.07. The molecule has 0 aromatic rings. The van der Waals surface area contributed by atoms with E-state index >= 15 is 0 Å².